The summed E-state index contributed by atoms with van der Waals surface area (Å²) >= 11 is 0. The van der Waals surface area contributed by atoms with Gasteiger partial charge in [0, 0.05) is 24.7 Å². The number of amides is 2. The summed E-state index contributed by atoms with van der Waals surface area (Å²) < 4.78 is 1.66. The first kappa shape index (κ1) is 14.6. The van der Waals surface area contributed by atoms with E-state index in [0.717, 1.165) is 12.8 Å². The van der Waals surface area contributed by atoms with E-state index in [1.165, 1.54) is 5.56 Å². The van der Waals surface area contributed by atoms with Gasteiger partial charge in [0.2, 0.25) is 0 Å². The predicted molar refractivity (Wildman–Crippen MR) is 86.8 cm³/mol. The number of nitrogens with zero attached hydrogens (tertiary/aromatic N) is 2. The minimum Gasteiger partial charge on any atom is -0.332 e. The molecule has 22 heavy (non-hydrogen) atoms. The van der Waals surface area contributed by atoms with E-state index in [4.69, 9.17) is 0 Å². The molecule has 2 amide bonds. The minimum absolute atomic E-state index is 0.115. The number of aromatic nitrogens is 2. The molecule has 0 atom stereocenters. The number of rotatable bonds is 4. The van der Waals surface area contributed by atoms with E-state index in [2.05, 4.69) is 41.7 Å². The summed E-state index contributed by atoms with van der Waals surface area (Å²) in [6.45, 7) is 4.38. The Hall–Kier alpha value is -2.30. The Morgan fingerprint density at radius 1 is 1.23 bits per heavy atom. The van der Waals surface area contributed by atoms with E-state index in [-0.39, 0.29) is 17.0 Å². The van der Waals surface area contributed by atoms with Crippen LogP contribution in [-0.2, 0) is 12.5 Å². The standard InChI is InChI=1S/C17H22N4O/c1-16(2,13-7-5-4-6-8-13)17(10-11-17)19-15(22)18-14-9-12-21(3)20-14/h4-9,12H,10-11H2,1-3H3,(H2,18,19,20,22). The van der Waals surface area contributed by atoms with Gasteiger partial charge in [-0.15, -0.1) is 0 Å². The molecule has 3 rings (SSSR count). The van der Waals surface area contributed by atoms with Gasteiger partial charge in [-0.3, -0.25) is 10.00 Å². The lowest BCUT2D eigenvalue weighted by Crippen LogP contribution is -2.51. The number of hydrogen-bond donors (Lipinski definition) is 2. The molecule has 1 aliphatic carbocycles. The molecule has 0 saturated heterocycles. The number of aryl methyl sites for hydroxylation is 1. The molecule has 1 fully saturated rings. The molecule has 0 aliphatic heterocycles. The normalized spacial score (nSPS) is 16.1. The SMILES string of the molecule is Cn1ccc(NC(=O)NC2(C(C)(C)c3ccccc3)CC2)n1. The highest BCUT2D eigenvalue weighted by atomic mass is 16.2. The van der Waals surface area contributed by atoms with Crippen molar-refractivity contribution in [3.63, 3.8) is 0 Å². The molecule has 1 aromatic carbocycles. The van der Waals surface area contributed by atoms with E-state index in [1.54, 1.807) is 16.9 Å². The van der Waals surface area contributed by atoms with E-state index in [1.807, 2.05) is 25.2 Å². The van der Waals surface area contributed by atoms with Gasteiger partial charge in [0.25, 0.3) is 0 Å². The van der Waals surface area contributed by atoms with Gasteiger partial charge in [-0.25, -0.2) is 4.79 Å². The summed E-state index contributed by atoms with van der Waals surface area (Å²) in [6.07, 6.45) is 3.78. The number of carbonyl (C=O) groups excluding carboxylic acids is 1. The van der Waals surface area contributed by atoms with E-state index < -0.39 is 0 Å². The van der Waals surface area contributed by atoms with Crippen LogP contribution in [0.5, 0.6) is 0 Å². The topological polar surface area (TPSA) is 59.0 Å². The Balaban J connectivity index is 1.72. The lowest BCUT2D eigenvalue weighted by atomic mass is 9.75. The first-order valence-electron chi connectivity index (χ1n) is 7.57. The lowest BCUT2D eigenvalue weighted by Gasteiger charge is -2.36. The van der Waals surface area contributed by atoms with Gasteiger partial charge in [-0.1, -0.05) is 44.2 Å². The quantitative estimate of drug-likeness (QED) is 0.911. The molecule has 116 valence electrons. The average molecular weight is 298 g/mol. The van der Waals surface area contributed by atoms with Gasteiger partial charge in [-0.2, -0.15) is 5.10 Å². The Labute approximate surface area is 130 Å². The fourth-order valence-electron chi connectivity index (χ4n) is 3.01. The summed E-state index contributed by atoms with van der Waals surface area (Å²) in [5.74, 6) is 0.563. The maximum absolute atomic E-state index is 12.3. The molecule has 0 radical (unpaired) electrons. The number of urea groups is 1. The predicted octanol–water partition coefficient (Wildman–Crippen LogP) is 3.05. The van der Waals surface area contributed by atoms with Crippen molar-refractivity contribution in [2.24, 2.45) is 7.05 Å². The second kappa shape index (κ2) is 5.16. The first-order valence-corrected chi connectivity index (χ1v) is 7.57. The zero-order chi connectivity index (χ0) is 15.8. The second-order valence-electron chi connectivity index (χ2n) is 6.53. The first-order chi connectivity index (χ1) is 10.4. The summed E-state index contributed by atoms with van der Waals surface area (Å²) in [5.41, 5.74) is 0.939. The van der Waals surface area contributed by atoms with Crippen LogP contribution in [0.2, 0.25) is 0 Å². The van der Waals surface area contributed by atoms with Crippen molar-refractivity contribution >= 4 is 11.8 Å². The van der Waals surface area contributed by atoms with Gasteiger partial charge in [0.1, 0.15) is 0 Å². The van der Waals surface area contributed by atoms with Crippen LogP contribution in [0.15, 0.2) is 42.6 Å². The van der Waals surface area contributed by atoms with E-state index >= 15 is 0 Å². The van der Waals surface area contributed by atoms with Crippen LogP contribution in [-0.4, -0.2) is 21.4 Å². The Kier molecular flexibility index (Phi) is 3.43. The second-order valence-corrected chi connectivity index (χ2v) is 6.53. The van der Waals surface area contributed by atoms with Crippen LogP contribution >= 0.6 is 0 Å². The third-order valence-corrected chi connectivity index (χ3v) is 4.75. The maximum atomic E-state index is 12.3. The van der Waals surface area contributed by atoms with Crippen LogP contribution < -0.4 is 10.6 Å². The Bertz CT molecular complexity index is 671. The summed E-state index contributed by atoms with van der Waals surface area (Å²) in [7, 11) is 1.82. The molecule has 0 spiro atoms. The van der Waals surface area contributed by atoms with Gasteiger partial charge in [0.15, 0.2) is 5.82 Å². The van der Waals surface area contributed by atoms with Crippen molar-refractivity contribution in [2.45, 2.75) is 37.6 Å². The zero-order valence-corrected chi connectivity index (χ0v) is 13.3. The number of carbonyl (C=O) groups is 1. The highest BCUT2D eigenvalue weighted by Crippen LogP contribution is 2.51. The largest absolute Gasteiger partial charge is 0.332 e. The molecule has 0 unspecified atom stereocenters. The smallest absolute Gasteiger partial charge is 0.320 e. The number of nitrogens with one attached hydrogen (secondary N) is 2. The number of anilines is 1. The fraction of sp³-hybridized carbons (Fsp3) is 0.412. The summed E-state index contributed by atoms with van der Waals surface area (Å²) in [5, 5.41) is 10.1. The zero-order valence-electron chi connectivity index (χ0n) is 13.3. The maximum Gasteiger partial charge on any atom is 0.320 e. The molecule has 5 heteroatoms. The molecule has 1 aromatic heterocycles. The third-order valence-electron chi connectivity index (χ3n) is 4.75. The monoisotopic (exact) mass is 298 g/mol. The molecular formula is C17H22N4O. The van der Waals surface area contributed by atoms with Gasteiger partial charge < -0.3 is 5.32 Å². The van der Waals surface area contributed by atoms with Crippen molar-refractivity contribution in [3.05, 3.63) is 48.2 Å². The molecule has 1 heterocycles. The third kappa shape index (κ3) is 2.58. The molecule has 0 bridgehead atoms. The van der Waals surface area contributed by atoms with E-state index in [9.17, 15) is 4.79 Å². The van der Waals surface area contributed by atoms with Crippen molar-refractivity contribution in [1.82, 2.24) is 15.1 Å². The van der Waals surface area contributed by atoms with Gasteiger partial charge in [0.05, 0.1) is 5.54 Å². The molecule has 1 saturated carbocycles. The van der Waals surface area contributed by atoms with Gasteiger partial charge >= 0.3 is 6.03 Å². The number of hydrogen-bond acceptors (Lipinski definition) is 2. The van der Waals surface area contributed by atoms with Crippen LogP contribution in [0.4, 0.5) is 10.6 Å². The lowest BCUT2D eigenvalue weighted by molar-refractivity contribution is 0.236. The highest BCUT2D eigenvalue weighted by molar-refractivity contribution is 5.89. The summed E-state index contributed by atoms with van der Waals surface area (Å²) in [4.78, 5) is 12.3. The molecular weight excluding hydrogens is 276 g/mol. The molecule has 2 N–H and O–H groups in total. The number of benzene rings is 1. The Morgan fingerprint density at radius 2 is 1.91 bits per heavy atom. The Morgan fingerprint density at radius 3 is 2.45 bits per heavy atom. The van der Waals surface area contributed by atoms with Crippen LogP contribution in [0.25, 0.3) is 0 Å². The van der Waals surface area contributed by atoms with Crippen molar-refractivity contribution < 1.29 is 4.79 Å². The highest BCUT2D eigenvalue weighted by Gasteiger charge is 2.56. The van der Waals surface area contributed by atoms with Crippen LogP contribution in [0, 0.1) is 0 Å². The minimum atomic E-state index is -0.194. The van der Waals surface area contributed by atoms with Gasteiger partial charge in [-0.05, 0) is 18.4 Å². The van der Waals surface area contributed by atoms with Crippen LogP contribution in [0.3, 0.4) is 0 Å². The molecule has 5 nitrogen and oxygen atoms in total. The van der Waals surface area contributed by atoms with Crippen molar-refractivity contribution in [1.29, 1.82) is 0 Å². The average Bonchev–Trinajstić information content (AvgIpc) is 3.16. The fourth-order valence-corrected chi connectivity index (χ4v) is 3.01. The van der Waals surface area contributed by atoms with Crippen molar-refractivity contribution in [2.75, 3.05) is 5.32 Å². The van der Waals surface area contributed by atoms with E-state index in [0.29, 0.717) is 5.82 Å². The molecule has 1 aliphatic rings. The molecule has 2 aromatic rings. The van der Waals surface area contributed by atoms with Crippen LogP contribution in [0.1, 0.15) is 32.3 Å². The van der Waals surface area contributed by atoms with Crippen molar-refractivity contribution in [3.8, 4) is 0 Å². The summed E-state index contributed by atoms with van der Waals surface area (Å²) in [6, 6.07) is 11.9.